The SMILES string of the molecule is COC(CNc1ccc([N+](=O)[O-])c(C)c1)C(=O)O. The molecule has 1 rings (SSSR count). The first kappa shape index (κ1) is 13.9. The fraction of sp³-hybridized carbons (Fsp3) is 0.364. The van der Waals surface area contributed by atoms with Crippen molar-refractivity contribution >= 4 is 17.3 Å². The number of nitrogens with one attached hydrogen (secondary N) is 1. The van der Waals surface area contributed by atoms with E-state index in [-0.39, 0.29) is 12.2 Å². The van der Waals surface area contributed by atoms with E-state index in [9.17, 15) is 14.9 Å². The molecule has 0 saturated heterocycles. The molecule has 0 heterocycles. The van der Waals surface area contributed by atoms with Crippen molar-refractivity contribution in [2.45, 2.75) is 13.0 Å². The minimum atomic E-state index is -1.07. The average molecular weight is 254 g/mol. The van der Waals surface area contributed by atoms with Crippen molar-refractivity contribution in [1.82, 2.24) is 0 Å². The van der Waals surface area contributed by atoms with Gasteiger partial charge in [0.1, 0.15) is 0 Å². The van der Waals surface area contributed by atoms with Gasteiger partial charge in [-0.1, -0.05) is 0 Å². The predicted octanol–water partition coefficient (Wildman–Crippen LogP) is 1.41. The zero-order chi connectivity index (χ0) is 13.7. The Morgan fingerprint density at radius 2 is 2.28 bits per heavy atom. The molecule has 0 bridgehead atoms. The molecular weight excluding hydrogens is 240 g/mol. The molecule has 0 aromatic heterocycles. The normalized spacial score (nSPS) is 11.9. The smallest absolute Gasteiger partial charge is 0.334 e. The number of aryl methyl sites for hydroxylation is 1. The molecule has 1 unspecified atom stereocenters. The summed E-state index contributed by atoms with van der Waals surface area (Å²) in [4.78, 5) is 20.9. The number of nitro benzene ring substituents is 1. The number of aliphatic carboxylic acids is 1. The molecule has 0 amide bonds. The van der Waals surface area contributed by atoms with E-state index in [0.29, 0.717) is 11.3 Å². The molecule has 0 saturated carbocycles. The van der Waals surface area contributed by atoms with Gasteiger partial charge in [0, 0.05) is 24.4 Å². The third-order valence-corrected chi connectivity index (χ3v) is 2.45. The summed E-state index contributed by atoms with van der Waals surface area (Å²) < 4.78 is 4.76. The first-order valence-corrected chi connectivity index (χ1v) is 5.20. The third-order valence-electron chi connectivity index (χ3n) is 2.45. The molecule has 0 aliphatic heterocycles. The van der Waals surface area contributed by atoms with E-state index >= 15 is 0 Å². The van der Waals surface area contributed by atoms with Crippen LogP contribution < -0.4 is 5.32 Å². The summed E-state index contributed by atoms with van der Waals surface area (Å²) in [5.41, 5.74) is 1.15. The zero-order valence-corrected chi connectivity index (χ0v) is 10.0. The van der Waals surface area contributed by atoms with Crippen LogP contribution >= 0.6 is 0 Å². The van der Waals surface area contributed by atoms with Crippen molar-refractivity contribution in [3.63, 3.8) is 0 Å². The van der Waals surface area contributed by atoms with Gasteiger partial charge in [-0.2, -0.15) is 0 Å². The van der Waals surface area contributed by atoms with Crippen molar-refractivity contribution in [3.05, 3.63) is 33.9 Å². The van der Waals surface area contributed by atoms with Gasteiger partial charge in [0.25, 0.3) is 5.69 Å². The number of carboxylic acids is 1. The van der Waals surface area contributed by atoms with E-state index in [2.05, 4.69) is 5.32 Å². The number of carbonyl (C=O) groups is 1. The largest absolute Gasteiger partial charge is 0.479 e. The van der Waals surface area contributed by atoms with Gasteiger partial charge >= 0.3 is 5.97 Å². The Kier molecular flexibility index (Phi) is 4.61. The Balaban J connectivity index is 2.72. The second-order valence-corrected chi connectivity index (χ2v) is 3.70. The number of nitrogens with zero attached hydrogens (tertiary/aromatic N) is 1. The second-order valence-electron chi connectivity index (χ2n) is 3.70. The van der Waals surface area contributed by atoms with Crippen LogP contribution in [0, 0.1) is 17.0 Å². The van der Waals surface area contributed by atoms with Gasteiger partial charge in [-0.3, -0.25) is 10.1 Å². The van der Waals surface area contributed by atoms with E-state index in [0.717, 1.165) is 0 Å². The molecule has 1 aromatic carbocycles. The van der Waals surface area contributed by atoms with Crippen LogP contribution in [0.15, 0.2) is 18.2 Å². The number of anilines is 1. The summed E-state index contributed by atoms with van der Waals surface area (Å²) in [6.07, 6.45) is -0.958. The van der Waals surface area contributed by atoms with Crippen molar-refractivity contribution in [2.24, 2.45) is 0 Å². The maximum Gasteiger partial charge on any atom is 0.334 e. The number of hydrogen-bond acceptors (Lipinski definition) is 5. The van der Waals surface area contributed by atoms with E-state index in [1.807, 2.05) is 0 Å². The molecule has 18 heavy (non-hydrogen) atoms. The fourth-order valence-corrected chi connectivity index (χ4v) is 1.45. The molecule has 2 N–H and O–H groups in total. The summed E-state index contributed by atoms with van der Waals surface area (Å²) in [5, 5.41) is 22.2. The molecule has 0 spiro atoms. The minimum absolute atomic E-state index is 0.0297. The quantitative estimate of drug-likeness (QED) is 0.588. The van der Waals surface area contributed by atoms with Crippen LogP contribution in [-0.2, 0) is 9.53 Å². The first-order chi connectivity index (χ1) is 8.45. The van der Waals surface area contributed by atoms with Gasteiger partial charge < -0.3 is 15.2 Å². The first-order valence-electron chi connectivity index (χ1n) is 5.20. The van der Waals surface area contributed by atoms with E-state index in [1.165, 1.54) is 19.2 Å². The lowest BCUT2D eigenvalue weighted by molar-refractivity contribution is -0.385. The van der Waals surface area contributed by atoms with E-state index in [4.69, 9.17) is 9.84 Å². The summed E-state index contributed by atoms with van der Waals surface area (Å²) in [7, 11) is 1.31. The van der Waals surface area contributed by atoms with E-state index < -0.39 is 17.0 Å². The highest BCUT2D eigenvalue weighted by molar-refractivity contribution is 5.73. The Morgan fingerprint density at radius 1 is 1.61 bits per heavy atom. The van der Waals surface area contributed by atoms with E-state index in [1.54, 1.807) is 13.0 Å². The fourth-order valence-electron chi connectivity index (χ4n) is 1.45. The maximum absolute atomic E-state index is 10.7. The van der Waals surface area contributed by atoms with Crippen LogP contribution in [0.4, 0.5) is 11.4 Å². The highest BCUT2D eigenvalue weighted by Gasteiger charge is 2.16. The lowest BCUT2D eigenvalue weighted by Crippen LogP contribution is -2.30. The Hall–Kier alpha value is -2.15. The van der Waals surface area contributed by atoms with Crippen molar-refractivity contribution in [2.75, 3.05) is 19.0 Å². The molecular formula is C11H14N2O5. The van der Waals surface area contributed by atoms with Crippen LogP contribution in [0.5, 0.6) is 0 Å². The summed E-state index contributed by atoms with van der Waals surface area (Å²) in [6.45, 7) is 1.71. The van der Waals surface area contributed by atoms with Crippen LogP contribution in [0.1, 0.15) is 5.56 Å². The van der Waals surface area contributed by atoms with Crippen molar-refractivity contribution < 1.29 is 19.6 Å². The summed E-state index contributed by atoms with van der Waals surface area (Å²) in [5.74, 6) is -1.07. The van der Waals surface area contributed by atoms with Gasteiger partial charge in [0.05, 0.1) is 11.5 Å². The molecule has 0 fully saturated rings. The monoisotopic (exact) mass is 254 g/mol. The molecule has 98 valence electrons. The molecule has 0 radical (unpaired) electrons. The standard InChI is InChI=1S/C11H14N2O5/c1-7-5-8(3-4-9(7)13(16)17)12-6-10(18-2)11(14)15/h3-5,10,12H,6H2,1-2H3,(H,14,15). The highest BCUT2D eigenvalue weighted by Crippen LogP contribution is 2.21. The lowest BCUT2D eigenvalue weighted by atomic mass is 10.2. The zero-order valence-electron chi connectivity index (χ0n) is 10.0. The van der Waals surface area contributed by atoms with Crippen LogP contribution in [-0.4, -0.2) is 35.8 Å². The number of carboxylic acid groups (broad SMARTS) is 1. The van der Waals surface area contributed by atoms with Gasteiger partial charge in [-0.15, -0.1) is 0 Å². The topological polar surface area (TPSA) is 102 Å². The minimum Gasteiger partial charge on any atom is -0.479 e. The highest BCUT2D eigenvalue weighted by atomic mass is 16.6. The number of benzene rings is 1. The van der Waals surface area contributed by atoms with Crippen LogP contribution in [0.2, 0.25) is 0 Å². The third kappa shape index (κ3) is 3.42. The Bertz CT molecular complexity index is 461. The molecule has 7 heteroatoms. The number of ether oxygens (including phenoxy) is 1. The average Bonchev–Trinajstić information content (AvgIpc) is 2.28. The predicted molar refractivity (Wildman–Crippen MR) is 64.8 cm³/mol. The van der Waals surface area contributed by atoms with Crippen molar-refractivity contribution in [3.8, 4) is 0 Å². The summed E-state index contributed by atoms with van der Waals surface area (Å²) in [6, 6.07) is 4.49. The second kappa shape index (κ2) is 5.97. The van der Waals surface area contributed by atoms with Gasteiger partial charge in [0.2, 0.25) is 0 Å². The Morgan fingerprint density at radius 3 is 2.72 bits per heavy atom. The molecule has 0 aliphatic rings. The van der Waals surface area contributed by atoms with Gasteiger partial charge in [-0.05, 0) is 19.1 Å². The molecule has 0 aliphatic carbocycles. The Labute approximate surface area is 104 Å². The maximum atomic E-state index is 10.7. The number of rotatable bonds is 6. The molecule has 1 aromatic rings. The molecule has 1 atom stereocenters. The van der Waals surface area contributed by atoms with Crippen LogP contribution in [0.3, 0.4) is 0 Å². The van der Waals surface area contributed by atoms with Crippen molar-refractivity contribution in [1.29, 1.82) is 0 Å². The number of nitro groups is 1. The lowest BCUT2D eigenvalue weighted by Gasteiger charge is -2.12. The number of hydrogen-bond donors (Lipinski definition) is 2. The number of methoxy groups -OCH3 is 1. The summed E-state index contributed by atoms with van der Waals surface area (Å²) >= 11 is 0. The molecule has 7 nitrogen and oxygen atoms in total. The van der Waals surface area contributed by atoms with Crippen LogP contribution in [0.25, 0.3) is 0 Å². The van der Waals surface area contributed by atoms with Gasteiger partial charge in [-0.25, -0.2) is 4.79 Å². The van der Waals surface area contributed by atoms with Gasteiger partial charge in [0.15, 0.2) is 6.10 Å².